The highest BCUT2D eigenvalue weighted by molar-refractivity contribution is 6.08. The smallest absolute Gasteiger partial charge is 0.166 e. The van der Waals surface area contributed by atoms with E-state index in [1.54, 1.807) is 6.20 Å². The van der Waals surface area contributed by atoms with Crippen LogP contribution in [0.1, 0.15) is 49.4 Å². The standard InChI is InChI=1S/C18H21NO/c1-2-13-8-10-14(11-9-13)18(20)16-5-3-7-17-15(16)6-4-12-19-17/h3-7,12-14H,2,8-11H2,1H3. The Bertz CT molecular complexity index is 606. The molecule has 3 rings (SSSR count). The van der Waals surface area contributed by atoms with Crippen LogP contribution in [0.2, 0.25) is 0 Å². The van der Waals surface area contributed by atoms with Crippen molar-refractivity contribution in [1.29, 1.82) is 0 Å². The number of pyridine rings is 1. The first kappa shape index (κ1) is 13.3. The van der Waals surface area contributed by atoms with Crippen LogP contribution in [-0.2, 0) is 0 Å². The molecule has 1 saturated carbocycles. The van der Waals surface area contributed by atoms with Gasteiger partial charge in [-0.2, -0.15) is 0 Å². The van der Waals surface area contributed by atoms with E-state index in [1.807, 2.05) is 30.3 Å². The van der Waals surface area contributed by atoms with Gasteiger partial charge in [0, 0.05) is 23.1 Å². The molecule has 0 spiro atoms. The fourth-order valence-corrected chi connectivity index (χ4v) is 3.37. The van der Waals surface area contributed by atoms with Gasteiger partial charge in [0.25, 0.3) is 0 Å². The zero-order valence-corrected chi connectivity index (χ0v) is 12.0. The lowest BCUT2D eigenvalue weighted by Gasteiger charge is -2.27. The largest absolute Gasteiger partial charge is 0.294 e. The number of nitrogens with zero attached hydrogens (tertiary/aromatic N) is 1. The van der Waals surface area contributed by atoms with Crippen molar-refractivity contribution >= 4 is 16.7 Å². The number of carbonyl (C=O) groups is 1. The molecule has 2 heteroatoms. The topological polar surface area (TPSA) is 30.0 Å². The summed E-state index contributed by atoms with van der Waals surface area (Å²) in [6.45, 7) is 2.25. The number of hydrogen-bond donors (Lipinski definition) is 0. The van der Waals surface area contributed by atoms with Crippen LogP contribution < -0.4 is 0 Å². The lowest BCUT2D eigenvalue weighted by Crippen LogP contribution is -2.22. The van der Waals surface area contributed by atoms with Crippen LogP contribution in [-0.4, -0.2) is 10.8 Å². The predicted octanol–water partition coefficient (Wildman–Crippen LogP) is 4.63. The zero-order chi connectivity index (χ0) is 13.9. The van der Waals surface area contributed by atoms with Gasteiger partial charge in [-0.05, 0) is 43.7 Å². The van der Waals surface area contributed by atoms with E-state index in [4.69, 9.17) is 0 Å². The second-order valence-corrected chi connectivity index (χ2v) is 5.87. The van der Waals surface area contributed by atoms with Crippen molar-refractivity contribution in [3.8, 4) is 0 Å². The van der Waals surface area contributed by atoms with Crippen LogP contribution in [0.15, 0.2) is 36.5 Å². The highest BCUT2D eigenvalue weighted by Crippen LogP contribution is 2.33. The maximum Gasteiger partial charge on any atom is 0.166 e. The predicted molar refractivity (Wildman–Crippen MR) is 81.8 cm³/mol. The Labute approximate surface area is 120 Å². The highest BCUT2D eigenvalue weighted by Gasteiger charge is 2.27. The molecule has 1 aliphatic carbocycles. The summed E-state index contributed by atoms with van der Waals surface area (Å²) in [5.41, 5.74) is 1.77. The highest BCUT2D eigenvalue weighted by atomic mass is 16.1. The Hall–Kier alpha value is -1.70. The normalized spacial score (nSPS) is 22.9. The second-order valence-electron chi connectivity index (χ2n) is 5.87. The number of hydrogen-bond acceptors (Lipinski definition) is 2. The van der Waals surface area contributed by atoms with Gasteiger partial charge < -0.3 is 0 Å². The van der Waals surface area contributed by atoms with Gasteiger partial charge in [-0.3, -0.25) is 9.78 Å². The van der Waals surface area contributed by atoms with Crippen LogP contribution >= 0.6 is 0 Å². The number of ketones is 1. The lowest BCUT2D eigenvalue weighted by atomic mass is 9.77. The molecule has 0 N–H and O–H groups in total. The van der Waals surface area contributed by atoms with Crippen LogP contribution in [0.4, 0.5) is 0 Å². The van der Waals surface area contributed by atoms with E-state index in [1.165, 1.54) is 19.3 Å². The van der Waals surface area contributed by atoms with E-state index in [-0.39, 0.29) is 5.92 Å². The minimum atomic E-state index is 0.212. The van der Waals surface area contributed by atoms with Gasteiger partial charge in [-0.1, -0.05) is 31.5 Å². The number of rotatable bonds is 3. The van der Waals surface area contributed by atoms with E-state index >= 15 is 0 Å². The summed E-state index contributed by atoms with van der Waals surface area (Å²) in [5.74, 6) is 1.36. The molecule has 104 valence electrons. The van der Waals surface area contributed by atoms with Crippen molar-refractivity contribution in [2.75, 3.05) is 0 Å². The molecule has 0 radical (unpaired) electrons. The third-order valence-corrected chi connectivity index (χ3v) is 4.71. The van der Waals surface area contributed by atoms with Gasteiger partial charge >= 0.3 is 0 Å². The van der Waals surface area contributed by atoms with Gasteiger partial charge in [-0.25, -0.2) is 0 Å². The van der Waals surface area contributed by atoms with Crippen LogP contribution in [0.3, 0.4) is 0 Å². The second kappa shape index (κ2) is 5.74. The maximum absolute atomic E-state index is 12.8. The molecule has 0 saturated heterocycles. The molecule has 2 nitrogen and oxygen atoms in total. The van der Waals surface area contributed by atoms with Gasteiger partial charge in [0.15, 0.2) is 5.78 Å². The summed E-state index contributed by atoms with van der Waals surface area (Å²) >= 11 is 0. The molecule has 0 atom stereocenters. The summed E-state index contributed by atoms with van der Waals surface area (Å²) in [6, 6.07) is 9.79. The van der Waals surface area contributed by atoms with Crippen LogP contribution in [0.25, 0.3) is 10.9 Å². The van der Waals surface area contributed by atoms with Gasteiger partial charge in [-0.15, -0.1) is 0 Å². The molecule has 1 aliphatic rings. The van der Waals surface area contributed by atoms with Crippen molar-refractivity contribution in [3.05, 3.63) is 42.1 Å². The van der Waals surface area contributed by atoms with Crippen LogP contribution in [0, 0.1) is 11.8 Å². The summed E-state index contributed by atoms with van der Waals surface area (Å²) in [4.78, 5) is 17.1. The molecule has 1 heterocycles. The van der Waals surface area contributed by atoms with Crippen molar-refractivity contribution in [1.82, 2.24) is 4.98 Å². The monoisotopic (exact) mass is 267 g/mol. The van der Waals surface area contributed by atoms with E-state index < -0.39 is 0 Å². The molecule has 0 bridgehead atoms. The van der Waals surface area contributed by atoms with Gasteiger partial charge in [0.05, 0.1) is 5.52 Å². The molecule has 0 unspecified atom stereocenters. The Morgan fingerprint density at radius 2 is 1.95 bits per heavy atom. The summed E-state index contributed by atoms with van der Waals surface area (Å²) in [7, 11) is 0. The number of carbonyl (C=O) groups excluding carboxylic acids is 1. The zero-order valence-electron chi connectivity index (χ0n) is 12.0. The van der Waals surface area contributed by atoms with Crippen molar-refractivity contribution in [3.63, 3.8) is 0 Å². The molecule has 20 heavy (non-hydrogen) atoms. The first-order valence-corrected chi connectivity index (χ1v) is 7.67. The molecular formula is C18H21NO. The third-order valence-electron chi connectivity index (χ3n) is 4.71. The average molecular weight is 267 g/mol. The number of aromatic nitrogens is 1. The average Bonchev–Trinajstić information content (AvgIpc) is 2.54. The molecule has 0 amide bonds. The first-order chi connectivity index (χ1) is 9.79. The van der Waals surface area contributed by atoms with Crippen molar-refractivity contribution in [2.45, 2.75) is 39.0 Å². The number of Topliss-reactive ketones (excluding diaryl/α,β-unsaturated/α-hetero) is 1. The third kappa shape index (κ3) is 2.47. The maximum atomic E-state index is 12.8. The molecular weight excluding hydrogens is 246 g/mol. The molecule has 1 aromatic heterocycles. The Kier molecular flexibility index (Phi) is 3.81. The Balaban J connectivity index is 1.86. The lowest BCUT2D eigenvalue weighted by molar-refractivity contribution is 0.0873. The first-order valence-electron chi connectivity index (χ1n) is 7.67. The van der Waals surface area contributed by atoms with E-state index in [0.29, 0.717) is 5.78 Å². The number of benzene rings is 1. The summed E-state index contributed by atoms with van der Waals surface area (Å²) in [6.07, 6.45) is 7.54. The quantitative estimate of drug-likeness (QED) is 0.759. The Morgan fingerprint density at radius 1 is 1.15 bits per heavy atom. The van der Waals surface area contributed by atoms with E-state index in [9.17, 15) is 4.79 Å². The minimum absolute atomic E-state index is 0.212. The molecule has 0 aliphatic heterocycles. The molecule has 1 fully saturated rings. The number of fused-ring (bicyclic) bond motifs is 1. The van der Waals surface area contributed by atoms with E-state index in [2.05, 4.69) is 11.9 Å². The van der Waals surface area contributed by atoms with Crippen molar-refractivity contribution < 1.29 is 4.79 Å². The van der Waals surface area contributed by atoms with Crippen LogP contribution in [0.5, 0.6) is 0 Å². The van der Waals surface area contributed by atoms with E-state index in [0.717, 1.165) is 35.2 Å². The Morgan fingerprint density at radius 3 is 2.70 bits per heavy atom. The molecule has 1 aromatic carbocycles. The molecule has 2 aromatic rings. The summed E-state index contributed by atoms with van der Waals surface area (Å²) in [5, 5.41) is 0.998. The van der Waals surface area contributed by atoms with Gasteiger partial charge in [0.2, 0.25) is 0 Å². The summed E-state index contributed by atoms with van der Waals surface area (Å²) < 4.78 is 0. The van der Waals surface area contributed by atoms with Crippen molar-refractivity contribution in [2.24, 2.45) is 11.8 Å². The fraction of sp³-hybridized carbons (Fsp3) is 0.444. The minimum Gasteiger partial charge on any atom is -0.294 e. The van der Waals surface area contributed by atoms with Gasteiger partial charge in [0.1, 0.15) is 0 Å². The fourth-order valence-electron chi connectivity index (χ4n) is 3.37. The SMILES string of the molecule is CCC1CCC(C(=O)c2cccc3ncccc23)CC1.